The summed E-state index contributed by atoms with van der Waals surface area (Å²) in [4.78, 5) is 12.2. The molecule has 0 spiro atoms. The molecule has 112 valence electrons. The lowest BCUT2D eigenvalue weighted by Gasteiger charge is -2.13. The second-order valence-corrected chi connectivity index (χ2v) is 5.23. The minimum atomic E-state index is -0.374. The lowest BCUT2D eigenvalue weighted by atomic mass is 10.2. The summed E-state index contributed by atoms with van der Waals surface area (Å²) in [7, 11) is 4.55. The molecule has 1 heterocycles. The number of benzene rings is 1. The quantitative estimate of drug-likeness (QED) is 0.655. The highest BCUT2D eigenvalue weighted by Gasteiger charge is 2.19. The highest BCUT2D eigenvalue weighted by atomic mass is 32.1. The fourth-order valence-electron chi connectivity index (χ4n) is 2.04. The van der Waals surface area contributed by atoms with E-state index in [-0.39, 0.29) is 5.97 Å². The summed E-state index contributed by atoms with van der Waals surface area (Å²) in [5, 5.41) is 4.01. The summed E-state index contributed by atoms with van der Waals surface area (Å²) in [6.07, 6.45) is 1.75. The fourth-order valence-corrected chi connectivity index (χ4v) is 3.10. The van der Waals surface area contributed by atoms with E-state index in [9.17, 15) is 4.79 Å². The van der Waals surface area contributed by atoms with Crippen LogP contribution < -0.4 is 14.8 Å². The van der Waals surface area contributed by atoms with E-state index < -0.39 is 0 Å². The Kier molecular flexibility index (Phi) is 4.70. The van der Waals surface area contributed by atoms with E-state index in [4.69, 9.17) is 14.2 Å². The summed E-state index contributed by atoms with van der Waals surface area (Å²) in [5.41, 5.74) is 0.788. The molecule has 1 aromatic heterocycles. The first-order valence-corrected chi connectivity index (χ1v) is 7.09. The van der Waals surface area contributed by atoms with Gasteiger partial charge in [-0.2, -0.15) is 0 Å². The van der Waals surface area contributed by atoms with Crippen molar-refractivity contribution in [1.29, 1.82) is 0 Å². The molecule has 0 saturated heterocycles. The van der Waals surface area contributed by atoms with Gasteiger partial charge in [0.15, 0.2) is 5.75 Å². The van der Waals surface area contributed by atoms with Crippen LogP contribution in [0, 0.1) is 0 Å². The van der Waals surface area contributed by atoms with Gasteiger partial charge in [0.25, 0.3) is 0 Å². The Bertz CT molecular complexity index is 678. The SMILES string of the molecule is C=CCNc1cc(OC)c2sc(C(=O)OC)cc2c1OC. The van der Waals surface area contributed by atoms with E-state index in [0.29, 0.717) is 22.9 Å². The summed E-state index contributed by atoms with van der Waals surface area (Å²) in [6.45, 7) is 4.28. The van der Waals surface area contributed by atoms with E-state index in [1.54, 1.807) is 26.4 Å². The largest absolute Gasteiger partial charge is 0.495 e. The molecular weight excluding hydrogens is 290 g/mol. The van der Waals surface area contributed by atoms with Crippen molar-refractivity contribution >= 4 is 33.1 Å². The van der Waals surface area contributed by atoms with Crippen LogP contribution in [0.1, 0.15) is 9.67 Å². The van der Waals surface area contributed by atoms with E-state index in [1.807, 2.05) is 6.07 Å². The van der Waals surface area contributed by atoms with Crippen molar-refractivity contribution in [3.05, 3.63) is 29.7 Å². The Labute approximate surface area is 127 Å². The first kappa shape index (κ1) is 15.2. The van der Waals surface area contributed by atoms with E-state index in [1.165, 1.54) is 18.4 Å². The normalized spacial score (nSPS) is 10.2. The van der Waals surface area contributed by atoms with Crippen molar-refractivity contribution in [2.45, 2.75) is 0 Å². The topological polar surface area (TPSA) is 56.8 Å². The maximum Gasteiger partial charge on any atom is 0.348 e. The number of ether oxygens (including phenoxy) is 3. The molecule has 0 atom stereocenters. The molecule has 2 aromatic rings. The van der Waals surface area contributed by atoms with Crippen molar-refractivity contribution in [1.82, 2.24) is 0 Å². The number of anilines is 1. The highest BCUT2D eigenvalue weighted by molar-refractivity contribution is 7.21. The second kappa shape index (κ2) is 6.49. The highest BCUT2D eigenvalue weighted by Crippen LogP contribution is 2.44. The molecule has 5 nitrogen and oxygen atoms in total. The number of thiophene rings is 1. The molecule has 0 bridgehead atoms. The molecule has 6 heteroatoms. The van der Waals surface area contributed by atoms with Gasteiger partial charge in [-0.15, -0.1) is 17.9 Å². The van der Waals surface area contributed by atoms with Crippen LogP contribution in [-0.2, 0) is 4.74 Å². The molecule has 1 N–H and O–H groups in total. The van der Waals surface area contributed by atoms with Crippen LogP contribution in [-0.4, -0.2) is 33.8 Å². The Balaban J connectivity index is 2.66. The number of carbonyl (C=O) groups is 1. The van der Waals surface area contributed by atoms with Crippen molar-refractivity contribution in [2.24, 2.45) is 0 Å². The van der Waals surface area contributed by atoms with Gasteiger partial charge in [-0.05, 0) is 6.07 Å². The Morgan fingerprint density at radius 2 is 2.10 bits per heavy atom. The summed E-state index contributed by atoms with van der Waals surface area (Å²) >= 11 is 1.32. The van der Waals surface area contributed by atoms with Crippen molar-refractivity contribution < 1.29 is 19.0 Å². The number of hydrogen-bond acceptors (Lipinski definition) is 6. The molecule has 0 fully saturated rings. The minimum Gasteiger partial charge on any atom is -0.495 e. The smallest absolute Gasteiger partial charge is 0.348 e. The third kappa shape index (κ3) is 2.80. The molecule has 2 rings (SSSR count). The zero-order chi connectivity index (χ0) is 15.4. The number of rotatable bonds is 6. The third-order valence-corrected chi connectivity index (χ3v) is 4.10. The number of carbonyl (C=O) groups excluding carboxylic acids is 1. The van der Waals surface area contributed by atoms with Crippen LogP contribution in [0.4, 0.5) is 5.69 Å². The maximum atomic E-state index is 11.7. The zero-order valence-electron chi connectivity index (χ0n) is 12.2. The van der Waals surface area contributed by atoms with Gasteiger partial charge in [0, 0.05) is 18.0 Å². The Morgan fingerprint density at radius 1 is 1.33 bits per heavy atom. The van der Waals surface area contributed by atoms with Crippen molar-refractivity contribution in [3.63, 3.8) is 0 Å². The van der Waals surface area contributed by atoms with Crippen molar-refractivity contribution in [2.75, 3.05) is 33.2 Å². The molecule has 0 radical (unpaired) electrons. The van der Waals surface area contributed by atoms with Crippen LogP contribution in [0.2, 0.25) is 0 Å². The first-order chi connectivity index (χ1) is 10.2. The molecular formula is C15H17NO4S. The maximum absolute atomic E-state index is 11.7. The van der Waals surface area contributed by atoms with Gasteiger partial charge in [0.1, 0.15) is 10.6 Å². The van der Waals surface area contributed by atoms with Gasteiger partial charge in [0.05, 0.1) is 31.7 Å². The average Bonchev–Trinajstić information content (AvgIpc) is 2.95. The molecule has 0 amide bonds. The monoisotopic (exact) mass is 307 g/mol. The zero-order valence-corrected chi connectivity index (χ0v) is 13.0. The minimum absolute atomic E-state index is 0.374. The summed E-state index contributed by atoms with van der Waals surface area (Å²) in [5.74, 6) is 0.970. The number of hydrogen-bond donors (Lipinski definition) is 1. The molecule has 21 heavy (non-hydrogen) atoms. The van der Waals surface area contributed by atoms with Crippen molar-refractivity contribution in [3.8, 4) is 11.5 Å². The lowest BCUT2D eigenvalue weighted by Crippen LogP contribution is -2.01. The number of nitrogens with one attached hydrogen (secondary N) is 1. The van der Waals surface area contributed by atoms with Gasteiger partial charge in [-0.1, -0.05) is 6.08 Å². The van der Waals surface area contributed by atoms with Crippen LogP contribution in [0.5, 0.6) is 11.5 Å². The third-order valence-electron chi connectivity index (χ3n) is 2.97. The lowest BCUT2D eigenvalue weighted by molar-refractivity contribution is 0.0606. The molecule has 0 aliphatic carbocycles. The number of esters is 1. The molecule has 0 saturated carbocycles. The standard InChI is InChI=1S/C15H17NO4S/c1-5-6-16-10-8-11(18-2)14-9(13(10)19-3)7-12(21-14)15(17)20-4/h5,7-8,16H,1,6H2,2-4H3. The van der Waals surface area contributed by atoms with Gasteiger partial charge >= 0.3 is 5.97 Å². The van der Waals surface area contributed by atoms with Gasteiger partial charge in [-0.3, -0.25) is 0 Å². The molecule has 0 unspecified atom stereocenters. The molecule has 0 aliphatic heterocycles. The van der Waals surface area contributed by atoms with E-state index >= 15 is 0 Å². The number of methoxy groups -OCH3 is 3. The van der Waals surface area contributed by atoms with E-state index in [0.717, 1.165) is 15.8 Å². The van der Waals surface area contributed by atoms with Gasteiger partial charge in [0.2, 0.25) is 0 Å². The van der Waals surface area contributed by atoms with Gasteiger partial charge < -0.3 is 19.5 Å². The first-order valence-electron chi connectivity index (χ1n) is 6.27. The van der Waals surface area contributed by atoms with Crippen LogP contribution in [0.15, 0.2) is 24.8 Å². The Morgan fingerprint density at radius 3 is 2.67 bits per heavy atom. The van der Waals surface area contributed by atoms with E-state index in [2.05, 4.69) is 11.9 Å². The average molecular weight is 307 g/mol. The predicted octanol–water partition coefficient (Wildman–Crippen LogP) is 3.30. The van der Waals surface area contributed by atoms with Gasteiger partial charge in [-0.25, -0.2) is 4.79 Å². The second-order valence-electron chi connectivity index (χ2n) is 4.17. The predicted molar refractivity (Wildman–Crippen MR) is 85.0 cm³/mol. The molecule has 0 aliphatic rings. The Hall–Kier alpha value is -2.21. The summed E-state index contributed by atoms with van der Waals surface area (Å²) in [6, 6.07) is 3.61. The van der Waals surface area contributed by atoms with Crippen LogP contribution in [0.3, 0.4) is 0 Å². The van der Waals surface area contributed by atoms with Crippen LogP contribution >= 0.6 is 11.3 Å². The summed E-state index contributed by atoms with van der Waals surface area (Å²) < 4.78 is 16.5. The fraction of sp³-hybridized carbons (Fsp3) is 0.267. The number of fused-ring (bicyclic) bond motifs is 1. The van der Waals surface area contributed by atoms with Crippen LogP contribution in [0.25, 0.3) is 10.1 Å². The molecule has 1 aromatic carbocycles.